The van der Waals surface area contributed by atoms with Crippen molar-refractivity contribution in [2.45, 2.75) is 30.4 Å². The van der Waals surface area contributed by atoms with E-state index in [0.717, 1.165) is 28.8 Å². The first-order valence-electron chi connectivity index (χ1n) is 15.3. The topological polar surface area (TPSA) is 127 Å². The lowest BCUT2D eigenvalue weighted by Crippen LogP contribution is -2.51. The van der Waals surface area contributed by atoms with Crippen LogP contribution in [0.5, 0.6) is 11.5 Å². The number of methoxy groups -OCH3 is 1. The third-order valence-corrected chi connectivity index (χ3v) is 8.99. The molecule has 0 saturated carbocycles. The normalized spacial score (nSPS) is 11.6. The summed E-state index contributed by atoms with van der Waals surface area (Å²) in [6.07, 6.45) is 3.53. The Labute approximate surface area is 284 Å². The minimum Gasteiger partial charge on any atom is -0.497 e. The first-order chi connectivity index (χ1) is 23.7. The highest BCUT2D eigenvalue weighted by atomic mass is 32.2. The van der Waals surface area contributed by atoms with E-state index in [0.29, 0.717) is 5.75 Å². The fraction of sp³-hybridized carbons (Fsp3) is 0.162. The molecule has 0 spiro atoms. The van der Waals surface area contributed by atoms with Crippen molar-refractivity contribution in [3.63, 3.8) is 0 Å². The summed E-state index contributed by atoms with van der Waals surface area (Å²) in [5, 5.41) is 2.97. The van der Waals surface area contributed by atoms with E-state index in [-0.39, 0.29) is 41.7 Å². The number of anilines is 1. The lowest BCUT2D eigenvalue weighted by molar-refractivity contribution is -0.142. The van der Waals surface area contributed by atoms with Gasteiger partial charge in [0.05, 0.1) is 12.0 Å². The van der Waals surface area contributed by atoms with Crippen LogP contribution in [0.1, 0.15) is 16.7 Å². The van der Waals surface area contributed by atoms with Crippen molar-refractivity contribution in [1.82, 2.24) is 15.2 Å². The summed E-state index contributed by atoms with van der Waals surface area (Å²) in [6.45, 7) is -0.0589. The molecule has 10 nitrogen and oxygen atoms in total. The molecule has 0 bridgehead atoms. The Balaban J connectivity index is 1.35. The van der Waals surface area contributed by atoms with E-state index >= 15 is 0 Å². The van der Waals surface area contributed by atoms with Gasteiger partial charge in [0.25, 0.3) is 15.9 Å². The standard InChI is InChI=1S/C37H35FN4O6S/c1-47-32-13-7-29(8-14-32)25-42(35(23-27-5-3-2-4-6-27)37(44)40-24-28-19-21-39-22-20-28)36(43)26-48-33-15-17-34(18-16-33)49(45,46)41-31-11-9-30(38)10-12-31/h2-22,35,41H,23-26H2,1H3,(H,40,44). The van der Waals surface area contributed by atoms with E-state index in [1.807, 2.05) is 42.5 Å². The Hall–Kier alpha value is -5.75. The van der Waals surface area contributed by atoms with E-state index < -0.39 is 34.4 Å². The van der Waals surface area contributed by atoms with Crippen LogP contribution in [0.25, 0.3) is 0 Å². The van der Waals surface area contributed by atoms with Crippen LogP contribution in [-0.4, -0.2) is 49.9 Å². The Bertz CT molecular complexity index is 1930. The Morgan fingerprint density at radius 1 is 0.796 bits per heavy atom. The zero-order valence-electron chi connectivity index (χ0n) is 26.7. The summed E-state index contributed by atoms with van der Waals surface area (Å²) in [5.41, 5.74) is 2.71. The summed E-state index contributed by atoms with van der Waals surface area (Å²) < 4.78 is 52.4. The number of nitrogens with zero attached hydrogens (tertiary/aromatic N) is 2. The van der Waals surface area contributed by atoms with Crippen molar-refractivity contribution >= 4 is 27.5 Å². The maximum Gasteiger partial charge on any atom is 0.261 e. The molecule has 1 heterocycles. The number of nitrogens with one attached hydrogen (secondary N) is 2. The molecule has 0 aliphatic carbocycles. The maximum absolute atomic E-state index is 14.0. The monoisotopic (exact) mass is 682 g/mol. The number of benzene rings is 4. The Kier molecular flexibility index (Phi) is 11.6. The highest BCUT2D eigenvalue weighted by Crippen LogP contribution is 2.21. The second-order valence-electron chi connectivity index (χ2n) is 11.0. The van der Waals surface area contributed by atoms with Crippen molar-refractivity contribution in [3.8, 4) is 11.5 Å². The average molecular weight is 683 g/mol. The van der Waals surface area contributed by atoms with Crippen LogP contribution in [-0.2, 0) is 39.1 Å². The van der Waals surface area contributed by atoms with E-state index in [9.17, 15) is 22.4 Å². The van der Waals surface area contributed by atoms with Crippen LogP contribution in [0, 0.1) is 5.82 Å². The van der Waals surface area contributed by atoms with Gasteiger partial charge >= 0.3 is 0 Å². The van der Waals surface area contributed by atoms with Crippen molar-refractivity contribution in [2.24, 2.45) is 0 Å². The molecule has 1 aromatic heterocycles. The zero-order chi connectivity index (χ0) is 34.6. The van der Waals surface area contributed by atoms with Gasteiger partial charge in [-0.25, -0.2) is 12.8 Å². The van der Waals surface area contributed by atoms with Gasteiger partial charge in [0.1, 0.15) is 23.4 Å². The molecule has 1 unspecified atom stereocenters. The van der Waals surface area contributed by atoms with E-state index in [1.165, 1.54) is 41.3 Å². The SMILES string of the molecule is COc1ccc(CN(C(=O)COc2ccc(S(=O)(=O)Nc3ccc(F)cc3)cc2)C(Cc2ccccc2)C(=O)NCc2ccncc2)cc1. The molecule has 0 aliphatic rings. The first-order valence-corrected chi connectivity index (χ1v) is 16.8. The Morgan fingerprint density at radius 2 is 1.45 bits per heavy atom. The van der Waals surface area contributed by atoms with E-state index in [1.54, 1.807) is 43.8 Å². The molecule has 49 heavy (non-hydrogen) atoms. The largest absolute Gasteiger partial charge is 0.497 e. The van der Waals surface area contributed by atoms with Gasteiger partial charge in [0, 0.05) is 37.6 Å². The van der Waals surface area contributed by atoms with Gasteiger partial charge in [0.15, 0.2) is 6.61 Å². The molecular formula is C37H35FN4O6S. The van der Waals surface area contributed by atoms with Crippen LogP contribution in [0.4, 0.5) is 10.1 Å². The van der Waals surface area contributed by atoms with Crippen LogP contribution >= 0.6 is 0 Å². The molecule has 4 aromatic carbocycles. The number of aromatic nitrogens is 1. The molecule has 0 radical (unpaired) electrons. The number of pyridine rings is 1. The van der Waals surface area contributed by atoms with Gasteiger partial charge in [-0.05, 0) is 89.5 Å². The third-order valence-electron chi connectivity index (χ3n) is 7.59. The summed E-state index contributed by atoms with van der Waals surface area (Å²) in [4.78, 5) is 33.3. The van der Waals surface area contributed by atoms with Crippen LogP contribution in [0.3, 0.4) is 0 Å². The Morgan fingerprint density at radius 3 is 2.10 bits per heavy atom. The van der Waals surface area contributed by atoms with Gasteiger partial charge in [-0.1, -0.05) is 42.5 Å². The van der Waals surface area contributed by atoms with Crippen molar-refractivity contribution in [2.75, 3.05) is 18.4 Å². The number of carbonyl (C=O) groups excluding carboxylic acids is 2. The number of ether oxygens (including phenoxy) is 2. The van der Waals surface area contributed by atoms with Crippen LogP contribution < -0.4 is 19.5 Å². The van der Waals surface area contributed by atoms with Crippen molar-refractivity contribution in [1.29, 1.82) is 0 Å². The summed E-state index contributed by atoms with van der Waals surface area (Å²) in [5.74, 6) is -0.380. The number of hydrogen-bond acceptors (Lipinski definition) is 7. The second kappa shape index (κ2) is 16.4. The van der Waals surface area contributed by atoms with Crippen LogP contribution in [0.2, 0.25) is 0 Å². The van der Waals surface area contributed by atoms with E-state index in [4.69, 9.17) is 9.47 Å². The molecule has 5 aromatic rings. The molecule has 0 aliphatic heterocycles. The van der Waals surface area contributed by atoms with Gasteiger partial charge in [0.2, 0.25) is 5.91 Å². The summed E-state index contributed by atoms with van der Waals surface area (Å²) in [7, 11) is -2.40. The van der Waals surface area contributed by atoms with Gasteiger partial charge in [-0.3, -0.25) is 19.3 Å². The third kappa shape index (κ3) is 9.88. The lowest BCUT2D eigenvalue weighted by Gasteiger charge is -2.31. The fourth-order valence-corrected chi connectivity index (χ4v) is 6.02. The van der Waals surface area contributed by atoms with Gasteiger partial charge in [-0.2, -0.15) is 0 Å². The van der Waals surface area contributed by atoms with Gasteiger partial charge in [-0.15, -0.1) is 0 Å². The number of amides is 2. The predicted molar refractivity (Wildman–Crippen MR) is 183 cm³/mol. The molecule has 12 heteroatoms. The van der Waals surface area contributed by atoms with E-state index in [2.05, 4.69) is 15.0 Å². The molecule has 1 atom stereocenters. The molecule has 252 valence electrons. The molecular weight excluding hydrogens is 647 g/mol. The number of hydrogen-bond donors (Lipinski definition) is 2. The number of carbonyl (C=O) groups is 2. The maximum atomic E-state index is 14.0. The molecule has 0 saturated heterocycles. The second-order valence-corrected chi connectivity index (χ2v) is 12.7. The highest BCUT2D eigenvalue weighted by Gasteiger charge is 2.31. The number of rotatable bonds is 15. The molecule has 2 N–H and O–H groups in total. The van der Waals surface area contributed by atoms with Crippen molar-refractivity contribution < 1.29 is 31.9 Å². The predicted octanol–water partition coefficient (Wildman–Crippen LogP) is 5.37. The zero-order valence-corrected chi connectivity index (χ0v) is 27.5. The first kappa shape index (κ1) is 34.6. The van der Waals surface area contributed by atoms with Gasteiger partial charge < -0.3 is 19.7 Å². The summed E-state index contributed by atoms with van der Waals surface area (Å²) >= 11 is 0. The average Bonchev–Trinajstić information content (AvgIpc) is 3.13. The lowest BCUT2D eigenvalue weighted by atomic mass is 10.0. The number of halogens is 1. The minimum atomic E-state index is -3.96. The quantitative estimate of drug-likeness (QED) is 0.152. The van der Waals surface area contributed by atoms with Crippen LogP contribution in [0.15, 0.2) is 133 Å². The molecule has 0 fully saturated rings. The number of sulfonamides is 1. The highest BCUT2D eigenvalue weighted by molar-refractivity contribution is 7.92. The minimum absolute atomic E-state index is 0.0505. The van der Waals surface area contributed by atoms with Crippen molar-refractivity contribution in [3.05, 3.63) is 150 Å². The smallest absolute Gasteiger partial charge is 0.261 e. The molecule has 2 amide bonds. The summed E-state index contributed by atoms with van der Waals surface area (Å²) in [6, 6.07) is 29.8. The molecule has 5 rings (SSSR count). The fourth-order valence-electron chi connectivity index (χ4n) is 4.96.